The van der Waals surface area contributed by atoms with Crippen LogP contribution in [0.5, 0.6) is 11.5 Å². The number of nitrogens with one attached hydrogen (secondary N) is 3. The maximum absolute atomic E-state index is 5.65. The molecule has 0 atom stereocenters. The second-order valence-electron chi connectivity index (χ2n) is 6.48. The highest BCUT2D eigenvalue weighted by Gasteiger charge is 2.14. The average Bonchev–Trinajstić information content (AvgIpc) is 2.75. The molecule has 4 aromatic rings. The van der Waals surface area contributed by atoms with Crippen LogP contribution in [0.15, 0.2) is 60.7 Å². The monoisotopic (exact) mass is 403 g/mol. The lowest BCUT2D eigenvalue weighted by atomic mass is 10.2. The highest BCUT2D eigenvalue weighted by molar-refractivity contribution is 7.80. The van der Waals surface area contributed by atoms with Gasteiger partial charge in [-0.15, -0.1) is 0 Å². The van der Waals surface area contributed by atoms with E-state index in [0.717, 1.165) is 33.4 Å². The summed E-state index contributed by atoms with van der Waals surface area (Å²) in [5, 5.41) is 3.59. The number of fused-ring (bicyclic) bond motifs is 3. The van der Waals surface area contributed by atoms with Gasteiger partial charge in [-0.1, -0.05) is 18.2 Å². The Morgan fingerprint density at radius 3 is 2.14 bits per heavy atom. The fraction of sp³-hybridized carbons (Fsp3) is 0.0952. The van der Waals surface area contributed by atoms with Crippen molar-refractivity contribution in [1.82, 2.24) is 15.4 Å². The van der Waals surface area contributed by atoms with Gasteiger partial charge < -0.3 is 14.8 Å². The van der Waals surface area contributed by atoms with Crippen LogP contribution in [0.2, 0.25) is 0 Å². The van der Waals surface area contributed by atoms with Crippen molar-refractivity contribution in [3.8, 4) is 11.5 Å². The Labute approximate surface area is 172 Å². The van der Waals surface area contributed by atoms with Crippen LogP contribution in [0.3, 0.4) is 0 Å². The van der Waals surface area contributed by atoms with Crippen molar-refractivity contribution >= 4 is 50.8 Å². The van der Waals surface area contributed by atoms with Gasteiger partial charge in [0.25, 0.3) is 0 Å². The molecule has 3 aromatic carbocycles. The van der Waals surface area contributed by atoms with E-state index < -0.39 is 0 Å². The number of hydrogen-bond acceptors (Lipinski definition) is 6. The van der Waals surface area contributed by atoms with Gasteiger partial charge in [0.05, 0.1) is 27.8 Å². The highest BCUT2D eigenvalue weighted by atomic mass is 32.1. The molecule has 0 fully saturated rings. The van der Waals surface area contributed by atoms with Crippen LogP contribution in [0, 0.1) is 0 Å². The number of nitrogens with zero attached hydrogens (tertiary/aromatic N) is 2. The largest absolute Gasteiger partial charge is 0.486 e. The Bertz CT molecular complexity index is 1220. The highest BCUT2D eigenvalue weighted by Crippen LogP contribution is 2.34. The molecular weight excluding hydrogens is 386 g/mol. The minimum absolute atomic E-state index is 0.446. The Morgan fingerprint density at radius 2 is 1.41 bits per heavy atom. The molecule has 3 N–H and O–H groups in total. The maximum Gasteiger partial charge on any atom is 0.189 e. The predicted octanol–water partition coefficient (Wildman–Crippen LogP) is 3.87. The van der Waals surface area contributed by atoms with E-state index in [9.17, 15) is 0 Å². The van der Waals surface area contributed by atoms with Gasteiger partial charge in [-0.2, -0.15) is 0 Å². The Morgan fingerprint density at radius 1 is 0.759 bits per heavy atom. The van der Waals surface area contributed by atoms with E-state index in [1.807, 2.05) is 60.7 Å². The minimum atomic E-state index is 0.446. The van der Waals surface area contributed by atoms with E-state index in [2.05, 4.69) is 16.2 Å². The zero-order valence-electron chi connectivity index (χ0n) is 15.3. The summed E-state index contributed by atoms with van der Waals surface area (Å²) in [6.45, 7) is 1.08. The van der Waals surface area contributed by atoms with Gasteiger partial charge in [-0.25, -0.2) is 9.97 Å². The number of thiocarbonyl (C=S) groups is 1. The Hall–Kier alpha value is -3.65. The molecule has 0 aliphatic carbocycles. The molecule has 0 amide bonds. The average molecular weight is 403 g/mol. The van der Waals surface area contributed by atoms with Crippen molar-refractivity contribution in [2.24, 2.45) is 0 Å². The maximum atomic E-state index is 5.65. The summed E-state index contributed by atoms with van der Waals surface area (Å²) in [4.78, 5) is 9.43. The number of anilines is 2. The van der Waals surface area contributed by atoms with E-state index >= 15 is 0 Å². The first-order chi connectivity index (χ1) is 14.2. The van der Waals surface area contributed by atoms with E-state index in [1.54, 1.807) is 0 Å². The summed E-state index contributed by atoms with van der Waals surface area (Å²) >= 11 is 5.35. The van der Waals surface area contributed by atoms with Gasteiger partial charge in [0.15, 0.2) is 16.6 Å². The van der Waals surface area contributed by atoms with Gasteiger partial charge >= 0.3 is 0 Å². The first kappa shape index (κ1) is 17.4. The van der Waals surface area contributed by atoms with Gasteiger partial charge in [-0.3, -0.25) is 10.9 Å². The predicted molar refractivity (Wildman–Crippen MR) is 117 cm³/mol. The number of rotatable bonds is 3. The summed E-state index contributed by atoms with van der Waals surface area (Å²) in [7, 11) is 0. The normalized spacial score (nSPS) is 12.6. The van der Waals surface area contributed by atoms with Crippen molar-refractivity contribution in [1.29, 1.82) is 0 Å². The number of hydrogen-bond donors (Lipinski definition) is 3. The molecule has 5 rings (SSSR count). The zero-order valence-corrected chi connectivity index (χ0v) is 16.1. The van der Waals surface area contributed by atoms with Crippen LogP contribution in [0.4, 0.5) is 11.4 Å². The molecular formula is C21H17N5O2S. The fourth-order valence-electron chi connectivity index (χ4n) is 3.10. The number of para-hydroxylation sites is 1. The van der Waals surface area contributed by atoms with Gasteiger partial charge in [-0.05, 0) is 42.5 Å². The molecule has 29 heavy (non-hydrogen) atoms. The van der Waals surface area contributed by atoms with Crippen molar-refractivity contribution in [3.05, 3.63) is 60.7 Å². The first-order valence-electron chi connectivity index (χ1n) is 9.14. The summed E-state index contributed by atoms with van der Waals surface area (Å²) in [5.74, 6) is 1.40. The third kappa shape index (κ3) is 3.70. The standard InChI is InChI=1S/C21H17N5O2S/c29-21(26-25-13-4-2-1-3-5-13)22-14-6-7-15-16(10-14)24-18-12-20-19(11-17(18)23-15)27-8-9-28-20/h1-7,10-12,25H,8-9H2,(H2,22,26,29). The third-order valence-electron chi connectivity index (χ3n) is 4.45. The summed E-state index contributed by atoms with van der Waals surface area (Å²) < 4.78 is 11.3. The number of hydrazine groups is 1. The second-order valence-corrected chi connectivity index (χ2v) is 6.89. The minimum Gasteiger partial charge on any atom is -0.486 e. The van der Waals surface area contributed by atoms with Gasteiger partial charge in [0.1, 0.15) is 13.2 Å². The fourth-order valence-corrected chi connectivity index (χ4v) is 3.27. The number of ether oxygens (including phenoxy) is 2. The molecule has 2 heterocycles. The summed E-state index contributed by atoms with van der Waals surface area (Å²) in [6.07, 6.45) is 0. The molecule has 0 spiro atoms. The van der Waals surface area contributed by atoms with Crippen LogP contribution < -0.4 is 25.6 Å². The molecule has 1 aliphatic heterocycles. The van der Waals surface area contributed by atoms with Crippen LogP contribution in [0.25, 0.3) is 22.1 Å². The summed E-state index contributed by atoms with van der Waals surface area (Å²) in [6, 6.07) is 19.2. The van der Waals surface area contributed by atoms with Crippen molar-refractivity contribution in [2.45, 2.75) is 0 Å². The quantitative estimate of drug-likeness (QED) is 0.270. The SMILES string of the molecule is S=C(NNc1ccccc1)Nc1ccc2nc3cc4c(cc3nc2c1)OCCO4. The van der Waals surface area contributed by atoms with E-state index in [1.165, 1.54) is 0 Å². The van der Waals surface area contributed by atoms with Crippen LogP contribution in [0.1, 0.15) is 0 Å². The molecule has 1 aromatic heterocycles. The lowest BCUT2D eigenvalue weighted by molar-refractivity contribution is 0.172. The van der Waals surface area contributed by atoms with Crippen molar-refractivity contribution in [3.63, 3.8) is 0 Å². The number of aromatic nitrogens is 2. The lowest BCUT2D eigenvalue weighted by Gasteiger charge is -2.18. The van der Waals surface area contributed by atoms with Crippen molar-refractivity contribution in [2.75, 3.05) is 24.0 Å². The molecule has 8 heteroatoms. The molecule has 144 valence electrons. The lowest BCUT2D eigenvalue weighted by Crippen LogP contribution is -2.33. The molecule has 7 nitrogen and oxygen atoms in total. The van der Waals surface area contributed by atoms with Crippen LogP contribution in [-0.2, 0) is 0 Å². The van der Waals surface area contributed by atoms with Crippen LogP contribution >= 0.6 is 12.2 Å². The molecule has 1 aliphatic rings. The van der Waals surface area contributed by atoms with E-state index in [-0.39, 0.29) is 0 Å². The smallest absolute Gasteiger partial charge is 0.189 e. The summed E-state index contributed by atoms with van der Waals surface area (Å²) in [5.41, 5.74) is 10.8. The molecule has 0 saturated heterocycles. The van der Waals surface area contributed by atoms with E-state index in [4.69, 9.17) is 31.7 Å². The Balaban J connectivity index is 1.37. The van der Waals surface area contributed by atoms with Gasteiger partial charge in [0.2, 0.25) is 0 Å². The van der Waals surface area contributed by atoms with Gasteiger partial charge in [0, 0.05) is 17.8 Å². The molecule has 0 saturated carbocycles. The topological polar surface area (TPSA) is 80.3 Å². The molecule has 0 radical (unpaired) electrons. The third-order valence-corrected chi connectivity index (χ3v) is 4.65. The first-order valence-corrected chi connectivity index (χ1v) is 9.55. The van der Waals surface area contributed by atoms with E-state index in [0.29, 0.717) is 29.8 Å². The zero-order chi connectivity index (χ0) is 19.6. The Kier molecular flexibility index (Phi) is 4.45. The number of benzene rings is 3. The second kappa shape index (κ2) is 7.40. The molecule has 0 unspecified atom stereocenters. The van der Waals surface area contributed by atoms with Crippen molar-refractivity contribution < 1.29 is 9.47 Å². The molecule has 0 bridgehead atoms. The van der Waals surface area contributed by atoms with Crippen LogP contribution in [-0.4, -0.2) is 28.3 Å².